The van der Waals surface area contributed by atoms with E-state index >= 15 is 0 Å². The van der Waals surface area contributed by atoms with Crippen LogP contribution in [-0.2, 0) is 0 Å². The predicted molar refractivity (Wildman–Crippen MR) is 84.2 cm³/mol. The Kier molecular flexibility index (Phi) is 2.76. The molecular weight excluding hydrogens is 278 g/mol. The van der Waals surface area contributed by atoms with E-state index in [1.807, 2.05) is 30.5 Å². The standard InChI is InChI=1S/C18H13NO3/c1-21-15-8-4-6-13-17(20)16(22-18(13)15)9-11-10-19-14-7-3-2-5-12(11)14/h2-10,19H,1H3/b16-9+. The van der Waals surface area contributed by atoms with Gasteiger partial charge in [0.25, 0.3) is 0 Å². The number of rotatable bonds is 2. The molecule has 0 unspecified atom stereocenters. The van der Waals surface area contributed by atoms with E-state index in [1.165, 1.54) is 0 Å². The number of methoxy groups -OCH3 is 1. The molecule has 0 aliphatic carbocycles. The lowest BCUT2D eigenvalue weighted by molar-refractivity contribution is 0.101. The van der Waals surface area contributed by atoms with Gasteiger partial charge in [-0.05, 0) is 24.3 Å². The molecule has 2 aromatic carbocycles. The fraction of sp³-hybridized carbons (Fsp3) is 0.0556. The number of Topliss-reactive ketones (excluding diaryl/α,β-unsaturated/α-hetero) is 1. The smallest absolute Gasteiger partial charge is 0.232 e. The second kappa shape index (κ2) is 4.77. The average Bonchev–Trinajstić information content (AvgIpc) is 3.10. The Balaban J connectivity index is 1.80. The number of hydrogen-bond donors (Lipinski definition) is 1. The Bertz CT molecular complexity index is 921. The summed E-state index contributed by atoms with van der Waals surface area (Å²) in [5.74, 6) is 1.23. The number of H-pyrrole nitrogens is 1. The number of para-hydroxylation sites is 2. The van der Waals surface area contributed by atoms with Crippen molar-refractivity contribution in [3.63, 3.8) is 0 Å². The van der Waals surface area contributed by atoms with Crippen LogP contribution in [-0.4, -0.2) is 17.9 Å². The monoisotopic (exact) mass is 291 g/mol. The molecule has 0 radical (unpaired) electrons. The summed E-state index contributed by atoms with van der Waals surface area (Å²) in [7, 11) is 1.56. The third-order valence-electron chi connectivity index (χ3n) is 3.79. The van der Waals surface area contributed by atoms with Crippen LogP contribution in [0.2, 0.25) is 0 Å². The van der Waals surface area contributed by atoms with Gasteiger partial charge in [0.05, 0.1) is 12.7 Å². The number of ether oxygens (including phenoxy) is 2. The lowest BCUT2D eigenvalue weighted by Crippen LogP contribution is -1.97. The van der Waals surface area contributed by atoms with Gasteiger partial charge in [0.15, 0.2) is 17.3 Å². The van der Waals surface area contributed by atoms with Gasteiger partial charge in [0.2, 0.25) is 5.78 Å². The molecule has 0 amide bonds. The van der Waals surface area contributed by atoms with Crippen LogP contribution >= 0.6 is 0 Å². The minimum Gasteiger partial charge on any atom is -0.493 e. The second-order valence-electron chi connectivity index (χ2n) is 5.07. The lowest BCUT2D eigenvalue weighted by Gasteiger charge is -2.04. The first-order chi connectivity index (χ1) is 10.8. The molecule has 0 atom stereocenters. The molecule has 22 heavy (non-hydrogen) atoms. The minimum atomic E-state index is -0.126. The van der Waals surface area contributed by atoms with Crippen molar-refractivity contribution in [3.05, 3.63) is 65.5 Å². The highest BCUT2D eigenvalue weighted by Crippen LogP contribution is 2.39. The molecule has 108 valence electrons. The topological polar surface area (TPSA) is 51.3 Å². The lowest BCUT2D eigenvalue weighted by atomic mass is 10.1. The molecule has 0 saturated carbocycles. The van der Waals surface area contributed by atoms with Gasteiger partial charge in [0, 0.05) is 22.7 Å². The number of allylic oxidation sites excluding steroid dienone is 1. The number of hydrogen-bond acceptors (Lipinski definition) is 3. The van der Waals surface area contributed by atoms with Crippen LogP contribution in [0.4, 0.5) is 0 Å². The van der Waals surface area contributed by atoms with Crippen molar-refractivity contribution in [1.82, 2.24) is 4.98 Å². The van der Waals surface area contributed by atoms with E-state index in [0.717, 1.165) is 16.5 Å². The number of carbonyl (C=O) groups is 1. The number of aromatic nitrogens is 1. The van der Waals surface area contributed by atoms with Crippen LogP contribution in [0.25, 0.3) is 17.0 Å². The number of ketones is 1. The molecule has 3 aromatic rings. The maximum atomic E-state index is 12.5. The first-order valence-electron chi connectivity index (χ1n) is 6.95. The van der Waals surface area contributed by atoms with Gasteiger partial charge in [-0.25, -0.2) is 0 Å². The van der Waals surface area contributed by atoms with Gasteiger partial charge in [0.1, 0.15) is 0 Å². The fourth-order valence-electron chi connectivity index (χ4n) is 2.70. The highest BCUT2D eigenvalue weighted by molar-refractivity contribution is 6.15. The first kappa shape index (κ1) is 12.7. The van der Waals surface area contributed by atoms with Gasteiger partial charge < -0.3 is 14.5 Å². The number of carbonyl (C=O) groups excluding carboxylic acids is 1. The van der Waals surface area contributed by atoms with Crippen molar-refractivity contribution < 1.29 is 14.3 Å². The number of nitrogens with one attached hydrogen (secondary N) is 1. The summed E-state index contributed by atoms with van der Waals surface area (Å²) in [5, 5.41) is 1.05. The largest absolute Gasteiger partial charge is 0.493 e. The molecule has 0 fully saturated rings. The Morgan fingerprint density at radius 3 is 2.86 bits per heavy atom. The summed E-state index contributed by atoms with van der Waals surface area (Å²) in [6, 6.07) is 13.2. The molecule has 0 spiro atoms. The van der Waals surface area contributed by atoms with Crippen molar-refractivity contribution in [2.75, 3.05) is 7.11 Å². The molecule has 1 aliphatic heterocycles. The third kappa shape index (κ3) is 1.81. The molecular formula is C18H13NO3. The van der Waals surface area contributed by atoms with Crippen molar-refractivity contribution in [1.29, 1.82) is 0 Å². The third-order valence-corrected chi connectivity index (χ3v) is 3.79. The van der Waals surface area contributed by atoms with Crippen molar-refractivity contribution in [3.8, 4) is 11.5 Å². The zero-order valence-corrected chi connectivity index (χ0v) is 11.9. The quantitative estimate of drug-likeness (QED) is 0.731. The summed E-state index contributed by atoms with van der Waals surface area (Å²) in [4.78, 5) is 15.7. The molecule has 4 heteroatoms. The predicted octanol–water partition coefficient (Wildman–Crippen LogP) is 3.79. The first-order valence-corrected chi connectivity index (χ1v) is 6.95. The molecule has 1 N–H and O–H groups in total. The highest BCUT2D eigenvalue weighted by Gasteiger charge is 2.30. The summed E-state index contributed by atoms with van der Waals surface area (Å²) in [6.07, 6.45) is 3.63. The molecule has 0 bridgehead atoms. The van der Waals surface area contributed by atoms with Crippen LogP contribution in [0.5, 0.6) is 11.5 Å². The van der Waals surface area contributed by atoms with E-state index < -0.39 is 0 Å². The second-order valence-corrected chi connectivity index (χ2v) is 5.07. The maximum Gasteiger partial charge on any atom is 0.232 e. The van der Waals surface area contributed by atoms with Gasteiger partial charge in [-0.3, -0.25) is 4.79 Å². The molecule has 0 saturated heterocycles. The van der Waals surface area contributed by atoms with Crippen LogP contribution in [0.15, 0.2) is 54.4 Å². The zero-order chi connectivity index (χ0) is 15.1. The van der Waals surface area contributed by atoms with Gasteiger partial charge in [-0.2, -0.15) is 0 Å². The van der Waals surface area contributed by atoms with E-state index in [-0.39, 0.29) is 5.78 Å². The van der Waals surface area contributed by atoms with Gasteiger partial charge in [-0.15, -0.1) is 0 Å². The Hall–Kier alpha value is -3.01. The summed E-state index contributed by atoms with van der Waals surface area (Å²) >= 11 is 0. The number of fused-ring (bicyclic) bond motifs is 2. The molecule has 2 heterocycles. The van der Waals surface area contributed by atoms with E-state index in [1.54, 1.807) is 31.4 Å². The Morgan fingerprint density at radius 1 is 1.14 bits per heavy atom. The van der Waals surface area contributed by atoms with Crippen molar-refractivity contribution in [2.24, 2.45) is 0 Å². The van der Waals surface area contributed by atoms with Crippen LogP contribution < -0.4 is 9.47 Å². The Morgan fingerprint density at radius 2 is 2.00 bits per heavy atom. The molecule has 1 aliphatic rings. The van der Waals surface area contributed by atoms with Gasteiger partial charge in [-0.1, -0.05) is 24.3 Å². The van der Waals surface area contributed by atoms with Crippen molar-refractivity contribution >= 4 is 22.8 Å². The summed E-state index contributed by atoms with van der Waals surface area (Å²) in [6.45, 7) is 0. The number of aromatic amines is 1. The molecule has 4 rings (SSSR count). The van der Waals surface area contributed by atoms with Crippen LogP contribution in [0.1, 0.15) is 15.9 Å². The summed E-state index contributed by atoms with van der Waals surface area (Å²) in [5.41, 5.74) is 2.48. The van der Waals surface area contributed by atoms with Crippen LogP contribution in [0.3, 0.4) is 0 Å². The molecule has 1 aromatic heterocycles. The van der Waals surface area contributed by atoms with Gasteiger partial charge >= 0.3 is 0 Å². The normalized spacial score (nSPS) is 15.1. The van der Waals surface area contributed by atoms with E-state index in [0.29, 0.717) is 22.8 Å². The highest BCUT2D eigenvalue weighted by atomic mass is 16.5. The SMILES string of the molecule is COc1cccc2c1O/C(=C/c1c[nH]c3ccccc13)C2=O. The molecule has 4 nitrogen and oxygen atoms in total. The van der Waals surface area contributed by atoms with E-state index in [2.05, 4.69) is 4.98 Å². The number of benzene rings is 2. The minimum absolute atomic E-state index is 0.126. The van der Waals surface area contributed by atoms with E-state index in [4.69, 9.17) is 9.47 Å². The summed E-state index contributed by atoms with van der Waals surface area (Å²) < 4.78 is 11.0. The maximum absolute atomic E-state index is 12.5. The fourth-order valence-corrected chi connectivity index (χ4v) is 2.70. The van der Waals surface area contributed by atoms with Crippen molar-refractivity contribution in [2.45, 2.75) is 0 Å². The van der Waals surface area contributed by atoms with Crippen LogP contribution in [0, 0.1) is 0 Å². The van der Waals surface area contributed by atoms with E-state index in [9.17, 15) is 4.79 Å². The zero-order valence-electron chi connectivity index (χ0n) is 11.9. The Labute approximate surface area is 127 Å². The average molecular weight is 291 g/mol.